The molecule has 0 radical (unpaired) electrons. The van der Waals surface area contributed by atoms with Crippen molar-refractivity contribution in [3.05, 3.63) is 58.9 Å². The topological polar surface area (TPSA) is 125 Å². The van der Waals surface area contributed by atoms with E-state index in [9.17, 15) is 18.0 Å². The standard InChI is InChI=1S/C23H24ClF3N4O.C2H2O4/c1-15-28-19-4-2-3-5-21(19)31(15)13-16-8-10-30(11-9-16)14-22(32)29-20-12-17(23(25,26)27)6-7-18(20)24;3-1(4)2(5)6/h2-7,12,16H,8-11,13-14H2,1H3,(H,29,32);(H,3,4)(H,5,6). The highest BCUT2D eigenvalue weighted by molar-refractivity contribution is 6.33. The normalized spacial score (nSPS) is 14.6. The third kappa shape index (κ3) is 7.68. The molecule has 0 spiro atoms. The van der Waals surface area contributed by atoms with Gasteiger partial charge >= 0.3 is 18.1 Å². The Morgan fingerprint density at radius 2 is 1.71 bits per heavy atom. The smallest absolute Gasteiger partial charge is 0.416 e. The summed E-state index contributed by atoms with van der Waals surface area (Å²) in [4.78, 5) is 37.3. The van der Waals surface area contributed by atoms with Crippen molar-refractivity contribution < 1.29 is 37.8 Å². The average Bonchev–Trinajstić information content (AvgIpc) is 3.16. The number of halogens is 4. The fourth-order valence-electron chi connectivity index (χ4n) is 4.20. The SMILES string of the molecule is Cc1nc2ccccc2n1CC1CCN(CC(=O)Nc2cc(C(F)(F)F)ccc2Cl)CC1.O=C(O)C(=O)O. The van der Waals surface area contributed by atoms with E-state index in [1.807, 2.05) is 30.0 Å². The number of fused-ring (bicyclic) bond motifs is 1. The van der Waals surface area contributed by atoms with Crippen LogP contribution >= 0.6 is 11.6 Å². The van der Waals surface area contributed by atoms with E-state index in [2.05, 4.69) is 20.9 Å². The Balaban J connectivity index is 0.000000599. The van der Waals surface area contributed by atoms with E-state index in [1.165, 1.54) is 0 Å². The molecule has 1 amide bonds. The van der Waals surface area contributed by atoms with Gasteiger partial charge in [-0.25, -0.2) is 14.6 Å². The summed E-state index contributed by atoms with van der Waals surface area (Å²) in [6.07, 6.45) is -2.63. The third-order valence-corrected chi connectivity index (χ3v) is 6.44. The number of aromatic nitrogens is 2. The summed E-state index contributed by atoms with van der Waals surface area (Å²) in [7, 11) is 0. The predicted octanol–water partition coefficient (Wildman–Crippen LogP) is 4.52. The van der Waals surface area contributed by atoms with Gasteiger partial charge in [0.15, 0.2) is 0 Å². The lowest BCUT2D eigenvalue weighted by Crippen LogP contribution is -2.40. The third-order valence-electron chi connectivity index (χ3n) is 6.11. The molecule has 0 bridgehead atoms. The second-order valence-corrected chi connectivity index (χ2v) is 9.24. The van der Waals surface area contributed by atoms with Crippen molar-refractivity contribution in [2.24, 2.45) is 5.92 Å². The molecule has 0 unspecified atom stereocenters. The lowest BCUT2D eigenvalue weighted by atomic mass is 9.96. The summed E-state index contributed by atoms with van der Waals surface area (Å²) in [6.45, 7) is 4.51. The van der Waals surface area contributed by atoms with E-state index in [1.54, 1.807) is 0 Å². The van der Waals surface area contributed by atoms with Crippen molar-refractivity contribution in [2.75, 3.05) is 25.0 Å². The van der Waals surface area contributed by atoms with Crippen LogP contribution in [-0.2, 0) is 27.1 Å². The fraction of sp³-hybridized carbons (Fsp3) is 0.360. The maximum Gasteiger partial charge on any atom is 0.416 e. The zero-order valence-corrected chi connectivity index (χ0v) is 21.1. The highest BCUT2D eigenvalue weighted by atomic mass is 35.5. The summed E-state index contributed by atoms with van der Waals surface area (Å²) in [5.41, 5.74) is 1.25. The number of carbonyl (C=O) groups is 3. The van der Waals surface area contributed by atoms with Crippen LogP contribution in [0.4, 0.5) is 18.9 Å². The number of amides is 1. The number of piperidine rings is 1. The van der Waals surface area contributed by atoms with Crippen molar-refractivity contribution in [3.63, 3.8) is 0 Å². The molecule has 9 nitrogen and oxygen atoms in total. The summed E-state index contributed by atoms with van der Waals surface area (Å²) in [5, 5.41) is 17.4. The van der Waals surface area contributed by atoms with Crippen molar-refractivity contribution >= 4 is 46.2 Å². The molecule has 3 aromatic rings. The first-order chi connectivity index (χ1) is 17.8. The second kappa shape index (κ2) is 12.3. The van der Waals surface area contributed by atoms with Gasteiger partial charge in [-0.3, -0.25) is 9.69 Å². The number of rotatable bonds is 5. The number of carboxylic acids is 2. The Kier molecular flexibility index (Phi) is 9.34. The van der Waals surface area contributed by atoms with Crippen LogP contribution in [-0.4, -0.2) is 62.1 Å². The molecule has 4 rings (SSSR count). The molecule has 1 saturated heterocycles. The molecule has 2 aromatic carbocycles. The van der Waals surface area contributed by atoms with E-state index >= 15 is 0 Å². The van der Waals surface area contributed by atoms with Crippen LogP contribution in [0.1, 0.15) is 24.2 Å². The van der Waals surface area contributed by atoms with Crippen LogP contribution in [0, 0.1) is 12.8 Å². The molecular weight excluding hydrogens is 529 g/mol. The summed E-state index contributed by atoms with van der Waals surface area (Å²) in [6, 6.07) is 11.0. The number of likely N-dealkylation sites (tertiary alicyclic amines) is 1. The second-order valence-electron chi connectivity index (χ2n) is 8.83. The van der Waals surface area contributed by atoms with Crippen molar-refractivity contribution in [2.45, 2.75) is 32.5 Å². The highest BCUT2D eigenvalue weighted by Crippen LogP contribution is 2.34. The first kappa shape index (κ1) is 28.9. The quantitative estimate of drug-likeness (QED) is 0.396. The zero-order valence-electron chi connectivity index (χ0n) is 20.3. The van der Waals surface area contributed by atoms with E-state index in [0.29, 0.717) is 5.92 Å². The van der Waals surface area contributed by atoms with Gasteiger partial charge in [0.25, 0.3) is 0 Å². The van der Waals surface area contributed by atoms with Crippen LogP contribution in [0.2, 0.25) is 5.02 Å². The molecule has 3 N–H and O–H groups in total. The number of alkyl halides is 3. The van der Waals surface area contributed by atoms with Gasteiger partial charge in [0.2, 0.25) is 5.91 Å². The maximum atomic E-state index is 12.9. The molecule has 204 valence electrons. The van der Waals surface area contributed by atoms with Gasteiger partial charge in [0.1, 0.15) is 5.82 Å². The van der Waals surface area contributed by atoms with Crippen molar-refractivity contribution in [1.82, 2.24) is 14.5 Å². The number of carboxylic acid groups (broad SMARTS) is 2. The average molecular weight is 555 g/mol. The first-order valence-corrected chi connectivity index (χ1v) is 12.0. The molecule has 0 aliphatic carbocycles. The number of aliphatic carboxylic acids is 2. The van der Waals surface area contributed by atoms with E-state index in [0.717, 1.165) is 67.5 Å². The molecule has 1 fully saturated rings. The number of nitrogens with one attached hydrogen (secondary N) is 1. The number of para-hydroxylation sites is 2. The molecule has 38 heavy (non-hydrogen) atoms. The number of imidazole rings is 1. The van der Waals surface area contributed by atoms with Gasteiger partial charge in [-0.2, -0.15) is 13.2 Å². The lowest BCUT2D eigenvalue weighted by molar-refractivity contribution is -0.159. The fourth-order valence-corrected chi connectivity index (χ4v) is 4.37. The Hall–Kier alpha value is -3.64. The number of benzene rings is 2. The van der Waals surface area contributed by atoms with Crippen molar-refractivity contribution in [1.29, 1.82) is 0 Å². The maximum absolute atomic E-state index is 12.9. The largest absolute Gasteiger partial charge is 0.473 e. The number of nitrogens with zero attached hydrogens (tertiary/aromatic N) is 3. The van der Waals surface area contributed by atoms with E-state index < -0.39 is 23.7 Å². The zero-order chi connectivity index (χ0) is 28.0. The number of anilines is 1. The lowest BCUT2D eigenvalue weighted by Gasteiger charge is -2.32. The summed E-state index contributed by atoms with van der Waals surface area (Å²) in [5.74, 6) is -2.55. The van der Waals surface area contributed by atoms with Gasteiger partial charge in [-0.1, -0.05) is 23.7 Å². The minimum Gasteiger partial charge on any atom is -0.473 e. The van der Waals surface area contributed by atoms with Gasteiger partial charge in [-0.05, 0) is 69.1 Å². The van der Waals surface area contributed by atoms with Gasteiger partial charge < -0.3 is 20.1 Å². The van der Waals surface area contributed by atoms with E-state index in [-0.39, 0.29) is 23.2 Å². The number of hydrogen-bond donors (Lipinski definition) is 3. The molecule has 0 atom stereocenters. The highest BCUT2D eigenvalue weighted by Gasteiger charge is 2.31. The number of hydrogen-bond acceptors (Lipinski definition) is 5. The summed E-state index contributed by atoms with van der Waals surface area (Å²) >= 11 is 5.97. The number of carbonyl (C=O) groups excluding carboxylic acids is 1. The van der Waals surface area contributed by atoms with Gasteiger partial charge in [0, 0.05) is 6.54 Å². The summed E-state index contributed by atoms with van der Waals surface area (Å²) < 4.78 is 41.0. The first-order valence-electron chi connectivity index (χ1n) is 11.6. The van der Waals surface area contributed by atoms with Crippen LogP contribution in [0.5, 0.6) is 0 Å². The monoisotopic (exact) mass is 554 g/mol. The van der Waals surface area contributed by atoms with Crippen LogP contribution in [0.15, 0.2) is 42.5 Å². The van der Waals surface area contributed by atoms with Gasteiger partial charge in [-0.15, -0.1) is 0 Å². The molecule has 1 aliphatic heterocycles. The Morgan fingerprint density at radius 3 is 2.32 bits per heavy atom. The minimum atomic E-state index is -4.50. The Morgan fingerprint density at radius 1 is 1.08 bits per heavy atom. The van der Waals surface area contributed by atoms with Crippen LogP contribution in [0.25, 0.3) is 11.0 Å². The molecule has 1 aliphatic rings. The van der Waals surface area contributed by atoms with Crippen molar-refractivity contribution in [3.8, 4) is 0 Å². The molecule has 13 heteroatoms. The molecule has 1 aromatic heterocycles. The molecule has 2 heterocycles. The van der Waals surface area contributed by atoms with Crippen LogP contribution < -0.4 is 5.32 Å². The molecule has 0 saturated carbocycles. The molecular formula is C25H26ClF3N4O5. The van der Waals surface area contributed by atoms with E-state index in [4.69, 9.17) is 31.4 Å². The minimum absolute atomic E-state index is 0.0242. The predicted molar refractivity (Wildman–Crippen MR) is 134 cm³/mol. The Bertz CT molecular complexity index is 1310. The Labute approximate surface area is 220 Å². The van der Waals surface area contributed by atoms with Gasteiger partial charge in [0.05, 0.1) is 33.9 Å². The van der Waals surface area contributed by atoms with Crippen LogP contribution in [0.3, 0.4) is 0 Å². The number of aryl methyl sites for hydroxylation is 1.